The van der Waals surface area contributed by atoms with Crippen molar-refractivity contribution >= 4 is 29.1 Å². The minimum absolute atomic E-state index is 0.172. The van der Waals surface area contributed by atoms with E-state index in [1.54, 1.807) is 6.92 Å². The molecule has 0 bridgehead atoms. The highest BCUT2D eigenvalue weighted by molar-refractivity contribution is 6.34. The van der Waals surface area contributed by atoms with Crippen LogP contribution in [0.25, 0.3) is 0 Å². The Kier molecular flexibility index (Phi) is 3.95. The monoisotopic (exact) mass is 290 g/mol. The van der Waals surface area contributed by atoms with Crippen LogP contribution in [0.2, 0.25) is 5.02 Å². The van der Waals surface area contributed by atoms with Gasteiger partial charge in [-0.15, -0.1) is 0 Å². The molecule has 2 aromatic rings. The summed E-state index contributed by atoms with van der Waals surface area (Å²) in [6, 6.07) is 4.42. The second kappa shape index (κ2) is 5.66. The van der Waals surface area contributed by atoms with Gasteiger partial charge in [0.2, 0.25) is 5.91 Å². The molecule has 2 amide bonds. The van der Waals surface area contributed by atoms with Crippen LogP contribution in [-0.4, -0.2) is 21.8 Å². The van der Waals surface area contributed by atoms with E-state index in [1.165, 1.54) is 30.6 Å². The van der Waals surface area contributed by atoms with E-state index in [4.69, 9.17) is 17.3 Å². The van der Waals surface area contributed by atoms with E-state index in [1.807, 2.05) is 0 Å². The van der Waals surface area contributed by atoms with Crippen LogP contribution in [0.5, 0.6) is 0 Å². The maximum Gasteiger partial charge on any atom is 0.275 e. The van der Waals surface area contributed by atoms with Crippen LogP contribution in [0, 0.1) is 6.92 Å². The minimum Gasteiger partial charge on any atom is -0.366 e. The Morgan fingerprint density at radius 2 is 2.00 bits per heavy atom. The van der Waals surface area contributed by atoms with Gasteiger partial charge >= 0.3 is 0 Å². The van der Waals surface area contributed by atoms with Gasteiger partial charge in [-0.2, -0.15) is 0 Å². The van der Waals surface area contributed by atoms with Crippen molar-refractivity contribution in [2.24, 2.45) is 5.73 Å². The smallest absolute Gasteiger partial charge is 0.275 e. The molecule has 0 radical (unpaired) electrons. The third kappa shape index (κ3) is 3.10. The van der Waals surface area contributed by atoms with E-state index in [2.05, 4.69) is 15.3 Å². The standard InChI is InChI=1S/C13H11ClN4O2/c1-7-5-17-11(6-16-7)13(20)18-8-2-3-9(12(15)19)10(14)4-8/h2-6H,1H3,(H2,15,19)(H,18,20). The maximum atomic E-state index is 11.9. The number of carbonyl (C=O) groups excluding carboxylic acids is 2. The van der Waals surface area contributed by atoms with Crippen LogP contribution < -0.4 is 11.1 Å². The number of primary amides is 1. The molecule has 1 aromatic carbocycles. The number of hydrogen-bond donors (Lipinski definition) is 2. The highest BCUT2D eigenvalue weighted by atomic mass is 35.5. The zero-order chi connectivity index (χ0) is 14.7. The van der Waals surface area contributed by atoms with Crippen molar-refractivity contribution in [3.63, 3.8) is 0 Å². The summed E-state index contributed by atoms with van der Waals surface area (Å²) < 4.78 is 0. The van der Waals surface area contributed by atoms with Crippen LogP contribution in [-0.2, 0) is 0 Å². The van der Waals surface area contributed by atoms with Gasteiger partial charge in [-0.1, -0.05) is 11.6 Å². The highest BCUT2D eigenvalue weighted by Gasteiger charge is 2.11. The summed E-state index contributed by atoms with van der Waals surface area (Å²) in [6.45, 7) is 1.77. The normalized spacial score (nSPS) is 10.1. The zero-order valence-corrected chi connectivity index (χ0v) is 11.3. The molecule has 0 saturated heterocycles. The number of nitrogens with zero attached hydrogens (tertiary/aromatic N) is 2. The lowest BCUT2D eigenvalue weighted by atomic mass is 10.2. The summed E-state index contributed by atoms with van der Waals surface area (Å²) in [5.74, 6) is -1.04. The van der Waals surface area contributed by atoms with Gasteiger partial charge in [-0.05, 0) is 25.1 Å². The van der Waals surface area contributed by atoms with Crippen molar-refractivity contribution in [3.8, 4) is 0 Å². The summed E-state index contributed by atoms with van der Waals surface area (Å²) in [6.07, 6.45) is 2.88. The first kappa shape index (κ1) is 14.0. The van der Waals surface area contributed by atoms with Gasteiger partial charge < -0.3 is 11.1 Å². The molecule has 3 N–H and O–H groups in total. The second-order valence-electron chi connectivity index (χ2n) is 4.06. The molecule has 0 aliphatic heterocycles. The van der Waals surface area contributed by atoms with Crippen LogP contribution in [0.15, 0.2) is 30.6 Å². The molecular formula is C13H11ClN4O2. The molecule has 0 atom stereocenters. The number of amides is 2. The Morgan fingerprint density at radius 3 is 2.55 bits per heavy atom. The molecule has 0 aliphatic rings. The molecule has 20 heavy (non-hydrogen) atoms. The molecule has 6 nitrogen and oxygen atoms in total. The molecule has 0 fully saturated rings. The average Bonchev–Trinajstić information content (AvgIpc) is 2.39. The topological polar surface area (TPSA) is 98.0 Å². The predicted octanol–water partition coefficient (Wildman–Crippen LogP) is 1.79. The number of nitrogens with two attached hydrogens (primary N) is 1. The number of halogens is 1. The van der Waals surface area contributed by atoms with E-state index in [0.29, 0.717) is 5.69 Å². The number of nitrogens with one attached hydrogen (secondary N) is 1. The summed E-state index contributed by atoms with van der Waals surface area (Å²) in [5.41, 5.74) is 6.68. The molecule has 0 saturated carbocycles. The van der Waals surface area contributed by atoms with Gasteiger partial charge in [-0.3, -0.25) is 14.6 Å². The summed E-state index contributed by atoms with van der Waals surface area (Å²) in [5, 5.41) is 2.78. The van der Waals surface area contributed by atoms with E-state index in [0.717, 1.165) is 5.69 Å². The van der Waals surface area contributed by atoms with Crippen molar-refractivity contribution in [1.29, 1.82) is 0 Å². The SMILES string of the molecule is Cc1cnc(C(=O)Nc2ccc(C(N)=O)c(Cl)c2)cn1. The lowest BCUT2D eigenvalue weighted by Gasteiger charge is -2.06. The van der Waals surface area contributed by atoms with Gasteiger partial charge in [0.25, 0.3) is 5.91 Å². The largest absolute Gasteiger partial charge is 0.366 e. The lowest BCUT2D eigenvalue weighted by Crippen LogP contribution is -2.15. The van der Waals surface area contributed by atoms with Crippen molar-refractivity contribution in [2.75, 3.05) is 5.32 Å². The highest BCUT2D eigenvalue weighted by Crippen LogP contribution is 2.20. The number of carbonyl (C=O) groups is 2. The first-order chi connectivity index (χ1) is 9.47. The number of anilines is 1. The maximum absolute atomic E-state index is 11.9. The van der Waals surface area contributed by atoms with Crippen molar-refractivity contribution in [3.05, 3.63) is 52.6 Å². The van der Waals surface area contributed by atoms with Gasteiger partial charge in [0, 0.05) is 11.9 Å². The minimum atomic E-state index is -0.628. The third-order valence-electron chi connectivity index (χ3n) is 2.51. The van der Waals surface area contributed by atoms with Crippen molar-refractivity contribution in [1.82, 2.24) is 9.97 Å². The van der Waals surface area contributed by atoms with Crippen molar-refractivity contribution in [2.45, 2.75) is 6.92 Å². The Morgan fingerprint density at radius 1 is 1.25 bits per heavy atom. The first-order valence-corrected chi connectivity index (χ1v) is 6.04. The zero-order valence-electron chi connectivity index (χ0n) is 10.6. The van der Waals surface area contributed by atoms with E-state index in [-0.39, 0.29) is 16.3 Å². The molecule has 0 aliphatic carbocycles. The summed E-state index contributed by atoms with van der Waals surface area (Å²) >= 11 is 5.89. The first-order valence-electron chi connectivity index (χ1n) is 5.66. The molecule has 102 valence electrons. The van der Waals surface area contributed by atoms with Gasteiger partial charge in [0.05, 0.1) is 22.5 Å². The van der Waals surface area contributed by atoms with Crippen molar-refractivity contribution < 1.29 is 9.59 Å². The van der Waals surface area contributed by atoms with Crippen LogP contribution in [0.4, 0.5) is 5.69 Å². The fraction of sp³-hybridized carbons (Fsp3) is 0.0769. The molecule has 2 rings (SSSR count). The van der Waals surface area contributed by atoms with Gasteiger partial charge in [0.1, 0.15) is 5.69 Å². The number of aromatic nitrogens is 2. The number of hydrogen-bond acceptors (Lipinski definition) is 4. The molecular weight excluding hydrogens is 280 g/mol. The van der Waals surface area contributed by atoms with Crippen LogP contribution in [0.3, 0.4) is 0 Å². The molecule has 7 heteroatoms. The number of rotatable bonds is 3. The number of aryl methyl sites for hydroxylation is 1. The van der Waals surface area contributed by atoms with E-state index in [9.17, 15) is 9.59 Å². The Hall–Kier alpha value is -2.47. The predicted molar refractivity (Wildman–Crippen MR) is 74.7 cm³/mol. The van der Waals surface area contributed by atoms with Crippen LogP contribution in [0.1, 0.15) is 26.5 Å². The molecule has 0 spiro atoms. The Labute approximate surface area is 120 Å². The lowest BCUT2D eigenvalue weighted by molar-refractivity contribution is 0.0998. The third-order valence-corrected chi connectivity index (χ3v) is 2.82. The van der Waals surface area contributed by atoms with Crippen LogP contribution >= 0.6 is 11.6 Å². The Balaban J connectivity index is 2.18. The quantitative estimate of drug-likeness (QED) is 0.900. The van der Waals surface area contributed by atoms with Gasteiger partial charge in [0.15, 0.2) is 0 Å². The molecule has 1 aromatic heterocycles. The number of benzene rings is 1. The summed E-state index contributed by atoms with van der Waals surface area (Å²) in [4.78, 5) is 30.9. The Bertz CT molecular complexity index is 671. The molecule has 1 heterocycles. The summed E-state index contributed by atoms with van der Waals surface area (Å²) in [7, 11) is 0. The molecule has 0 unspecified atom stereocenters. The van der Waals surface area contributed by atoms with E-state index < -0.39 is 11.8 Å². The van der Waals surface area contributed by atoms with E-state index >= 15 is 0 Å². The second-order valence-corrected chi connectivity index (χ2v) is 4.46. The fourth-order valence-electron chi connectivity index (χ4n) is 1.50. The fourth-order valence-corrected chi connectivity index (χ4v) is 1.77. The average molecular weight is 291 g/mol. The van der Waals surface area contributed by atoms with Gasteiger partial charge in [-0.25, -0.2) is 4.98 Å².